The van der Waals surface area contributed by atoms with Crippen molar-refractivity contribution in [3.8, 4) is 0 Å². The first kappa shape index (κ1) is 18.7. The van der Waals surface area contributed by atoms with Crippen molar-refractivity contribution in [1.29, 1.82) is 0 Å². The van der Waals surface area contributed by atoms with E-state index >= 15 is 0 Å². The molecule has 3 rings (SSSR count). The van der Waals surface area contributed by atoms with Crippen LogP contribution in [0, 0.1) is 40.9 Å². The van der Waals surface area contributed by atoms with E-state index in [1.165, 1.54) is 57.8 Å². The van der Waals surface area contributed by atoms with Gasteiger partial charge in [0.2, 0.25) is 0 Å². The molecule has 24 heavy (non-hydrogen) atoms. The predicted octanol–water partition coefficient (Wildman–Crippen LogP) is 5.26. The molecule has 0 aliphatic heterocycles. The van der Waals surface area contributed by atoms with Gasteiger partial charge in [-0.1, -0.05) is 26.7 Å². The molecule has 3 aliphatic rings. The van der Waals surface area contributed by atoms with Gasteiger partial charge in [-0.3, -0.25) is 0 Å². The molecule has 2 heteroatoms. The molecule has 140 valence electrons. The number of hydrogen-bond acceptors (Lipinski definition) is 2. The van der Waals surface area contributed by atoms with Crippen LogP contribution < -0.4 is 5.73 Å². The number of hydrogen-bond donors (Lipinski definition) is 1. The van der Waals surface area contributed by atoms with Crippen LogP contribution in [0.2, 0.25) is 0 Å². The molecule has 2 nitrogen and oxygen atoms in total. The standard InChI is InChI=1S/C22H41NO/c1-4-6-18-16(12-14-24-5-2)7-9-20-19(18)11-13-22(3)17(15-23)8-10-21(20)22/h16-21H,4-15,23H2,1-3H3. The molecule has 0 aromatic rings. The lowest BCUT2D eigenvalue weighted by atomic mass is 9.50. The maximum Gasteiger partial charge on any atom is 0.0468 e. The minimum Gasteiger partial charge on any atom is -0.382 e. The van der Waals surface area contributed by atoms with Gasteiger partial charge >= 0.3 is 0 Å². The maximum atomic E-state index is 6.15. The first-order valence-corrected chi connectivity index (χ1v) is 10.9. The van der Waals surface area contributed by atoms with Gasteiger partial charge in [-0.15, -0.1) is 0 Å². The normalized spacial score (nSPS) is 45.0. The van der Waals surface area contributed by atoms with Crippen molar-refractivity contribution in [1.82, 2.24) is 0 Å². The van der Waals surface area contributed by atoms with Crippen molar-refractivity contribution < 1.29 is 4.74 Å². The van der Waals surface area contributed by atoms with Crippen LogP contribution in [0.15, 0.2) is 0 Å². The summed E-state index contributed by atoms with van der Waals surface area (Å²) in [6.07, 6.45) is 12.8. The highest BCUT2D eigenvalue weighted by molar-refractivity contribution is 5.05. The highest BCUT2D eigenvalue weighted by Crippen LogP contribution is 2.63. The first-order valence-electron chi connectivity index (χ1n) is 10.9. The summed E-state index contributed by atoms with van der Waals surface area (Å²) in [4.78, 5) is 0. The second-order valence-corrected chi connectivity index (χ2v) is 9.26. The molecule has 7 unspecified atom stereocenters. The Morgan fingerprint density at radius 3 is 2.54 bits per heavy atom. The van der Waals surface area contributed by atoms with Gasteiger partial charge in [0.15, 0.2) is 0 Å². The first-order chi connectivity index (χ1) is 11.7. The van der Waals surface area contributed by atoms with Gasteiger partial charge in [-0.25, -0.2) is 0 Å². The van der Waals surface area contributed by atoms with E-state index < -0.39 is 0 Å². The van der Waals surface area contributed by atoms with Crippen LogP contribution in [-0.2, 0) is 4.74 Å². The SMILES string of the molecule is CCCC1C(CCOCC)CCC2C1CCC1(C)C(CN)CCC21. The molecule has 0 spiro atoms. The van der Waals surface area contributed by atoms with Gasteiger partial charge in [0.05, 0.1) is 0 Å². The summed E-state index contributed by atoms with van der Waals surface area (Å²) < 4.78 is 5.70. The van der Waals surface area contributed by atoms with Crippen molar-refractivity contribution >= 4 is 0 Å². The molecular weight excluding hydrogens is 294 g/mol. The monoisotopic (exact) mass is 335 g/mol. The third kappa shape index (κ3) is 3.30. The Hall–Kier alpha value is -0.0800. The molecule has 0 heterocycles. The summed E-state index contributed by atoms with van der Waals surface area (Å²) in [5, 5.41) is 0. The molecule has 0 aromatic carbocycles. The molecule has 0 bridgehead atoms. The highest BCUT2D eigenvalue weighted by atomic mass is 16.5. The molecule has 3 saturated carbocycles. The lowest BCUT2D eigenvalue weighted by Crippen LogP contribution is -2.48. The summed E-state index contributed by atoms with van der Waals surface area (Å²) in [5.41, 5.74) is 6.71. The van der Waals surface area contributed by atoms with Gasteiger partial charge < -0.3 is 10.5 Å². The van der Waals surface area contributed by atoms with Crippen LogP contribution in [0.4, 0.5) is 0 Å². The van der Waals surface area contributed by atoms with Crippen molar-refractivity contribution in [2.75, 3.05) is 19.8 Å². The Balaban J connectivity index is 1.71. The van der Waals surface area contributed by atoms with Crippen molar-refractivity contribution in [3.63, 3.8) is 0 Å². The summed E-state index contributed by atoms with van der Waals surface area (Å²) in [6.45, 7) is 9.87. The summed E-state index contributed by atoms with van der Waals surface area (Å²) in [6, 6.07) is 0. The molecule has 3 aliphatic carbocycles. The van der Waals surface area contributed by atoms with E-state index in [9.17, 15) is 0 Å². The van der Waals surface area contributed by atoms with E-state index in [1.807, 2.05) is 0 Å². The molecule has 0 saturated heterocycles. The number of nitrogens with two attached hydrogens (primary N) is 1. The Bertz CT molecular complexity index is 397. The summed E-state index contributed by atoms with van der Waals surface area (Å²) >= 11 is 0. The van der Waals surface area contributed by atoms with Gasteiger partial charge in [0.1, 0.15) is 0 Å². The zero-order valence-electron chi connectivity index (χ0n) is 16.4. The third-order valence-corrected chi connectivity index (χ3v) is 8.46. The molecule has 0 aromatic heterocycles. The Labute approximate surface area is 150 Å². The van der Waals surface area contributed by atoms with Crippen LogP contribution in [0.25, 0.3) is 0 Å². The summed E-state index contributed by atoms with van der Waals surface area (Å²) in [5.74, 6) is 5.66. The molecular formula is C22H41NO. The fourth-order valence-corrected chi connectivity index (χ4v) is 7.25. The Morgan fingerprint density at radius 1 is 1.00 bits per heavy atom. The van der Waals surface area contributed by atoms with Crippen LogP contribution >= 0.6 is 0 Å². The molecule has 0 radical (unpaired) electrons. The number of ether oxygens (including phenoxy) is 1. The molecule has 0 amide bonds. The minimum atomic E-state index is 0.560. The minimum absolute atomic E-state index is 0.560. The molecule has 3 fully saturated rings. The summed E-state index contributed by atoms with van der Waals surface area (Å²) in [7, 11) is 0. The average molecular weight is 336 g/mol. The fraction of sp³-hybridized carbons (Fsp3) is 1.00. The molecule has 2 N–H and O–H groups in total. The van der Waals surface area contributed by atoms with Crippen molar-refractivity contribution in [2.24, 2.45) is 46.7 Å². The van der Waals surface area contributed by atoms with Crippen molar-refractivity contribution in [3.05, 3.63) is 0 Å². The van der Waals surface area contributed by atoms with Crippen LogP contribution in [-0.4, -0.2) is 19.8 Å². The molecule has 7 atom stereocenters. The van der Waals surface area contributed by atoms with E-state index in [1.54, 1.807) is 0 Å². The second-order valence-electron chi connectivity index (χ2n) is 9.26. The highest BCUT2D eigenvalue weighted by Gasteiger charge is 2.55. The fourth-order valence-electron chi connectivity index (χ4n) is 7.25. The quantitative estimate of drug-likeness (QED) is 0.644. The lowest BCUT2D eigenvalue weighted by Gasteiger charge is -2.55. The topological polar surface area (TPSA) is 35.2 Å². The van der Waals surface area contributed by atoms with Gasteiger partial charge in [0, 0.05) is 13.2 Å². The third-order valence-electron chi connectivity index (χ3n) is 8.46. The predicted molar refractivity (Wildman–Crippen MR) is 102 cm³/mol. The number of fused-ring (bicyclic) bond motifs is 3. The smallest absolute Gasteiger partial charge is 0.0468 e. The van der Waals surface area contributed by atoms with Crippen molar-refractivity contribution in [2.45, 2.75) is 78.6 Å². The Morgan fingerprint density at radius 2 is 1.83 bits per heavy atom. The van der Waals surface area contributed by atoms with Gasteiger partial charge in [-0.05, 0) is 99.3 Å². The van der Waals surface area contributed by atoms with Crippen LogP contribution in [0.5, 0.6) is 0 Å². The lowest BCUT2D eigenvalue weighted by molar-refractivity contribution is -0.0577. The maximum absolute atomic E-state index is 6.15. The Kier molecular flexibility index (Phi) is 6.30. The van der Waals surface area contributed by atoms with E-state index in [0.29, 0.717) is 5.41 Å². The zero-order valence-corrected chi connectivity index (χ0v) is 16.4. The van der Waals surface area contributed by atoms with E-state index in [-0.39, 0.29) is 0 Å². The van der Waals surface area contributed by atoms with Crippen LogP contribution in [0.3, 0.4) is 0 Å². The second kappa shape index (κ2) is 8.08. The average Bonchev–Trinajstić information content (AvgIpc) is 2.93. The van der Waals surface area contributed by atoms with E-state index in [4.69, 9.17) is 10.5 Å². The van der Waals surface area contributed by atoms with Crippen LogP contribution in [0.1, 0.15) is 78.6 Å². The number of rotatable bonds is 7. The van der Waals surface area contributed by atoms with E-state index in [2.05, 4.69) is 20.8 Å². The largest absolute Gasteiger partial charge is 0.382 e. The van der Waals surface area contributed by atoms with E-state index in [0.717, 1.165) is 55.3 Å². The van der Waals surface area contributed by atoms with Gasteiger partial charge in [0.25, 0.3) is 0 Å². The van der Waals surface area contributed by atoms with Gasteiger partial charge in [-0.2, -0.15) is 0 Å². The zero-order chi connectivity index (χ0) is 17.2.